The number of nitrogens with zero attached hydrogens (tertiary/aromatic N) is 4. The zero-order chi connectivity index (χ0) is 44.7. The fourth-order valence-corrected chi connectivity index (χ4v) is 10.8. The highest BCUT2D eigenvalue weighted by Crippen LogP contribution is 2.40. The largest absolute Gasteiger partial charge is 0.309 e. The molecule has 0 aliphatic heterocycles. The van der Waals surface area contributed by atoms with Gasteiger partial charge in [0.1, 0.15) is 0 Å². The van der Waals surface area contributed by atoms with E-state index in [4.69, 9.17) is 9.97 Å². The standard InChI is InChI=1S/C64H40N4/c1-2-20-48(21-3-1)67-59-29-10-8-25-52(59)56-38-45(31-33-61(56)67)46-32-34-62-57(39-46)53-26-9-11-30-60(53)68(62)49-22-14-18-44(37-49)42-16-12-15-41(35-42)43-17-13-19-47(36-43)58-40-65-63-54-27-6-4-23-50(54)51-24-5-7-28-55(51)64(63)66-58/h1-40H. The number of benzene rings is 11. The lowest BCUT2D eigenvalue weighted by atomic mass is 9.97. The molecule has 0 fully saturated rings. The highest BCUT2D eigenvalue weighted by Gasteiger charge is 2.18. The van der Waals surface area contributed by atoms with E-state index in [1.54, 1.807) is 0 Å². The summed E-state index contributed by atoms with van der Waals surface area (Å²) in [6, 6.07) is 85.6. The monoisotopic (exact) mass is 864 g/mol. The molecule has 11 aromatic carbocycles. The Morgan fingerprint density at radius 1 is 0.250 bits per heavy atom. The first-order valence-corrected chi connectivity index (χ1v) is 23.2. The van der Waals surface area contributed by atoms with Crippen molar-refractivity contribution in [1.29, 1.82) is 0 Å². The van der Waals surface area contributed by atoms with E-state index in [1.807, 2.05) is 6.20 Å². The molecule has 0 amide bonds. The lowest BCUT2D eigenvalue weighted by Gasteiger charge is -2.12. The summed E-state index contributed by atoms with van der Waals surface area (Å²) in [6.45, 7) is 0. The van der Waals surface area contributed by atoms with Gasteiger partial charge in [0.05, 0.1) is 45.0 Å². The van der Waals surface area contributed by atoms with Crippen LogP contribution in [0.3, 0.4) is 0 Å². The average molecular weight is 865 g/mol. The molecule has 4 nitrogen and oxygen atoms in total. The molecule has 3 heterocycles. The molecule has 14 rings (SSSR count). The maximum Gasteiger partial charge on any atom is 0.0979 e. The van der Waals surface area contributed by atoms with E-state index in [0.717, 1.165) is 61.0 Å². The number of hydrogen-bond acceptors (Lipinski definition) is 2. The predicted molar refractivity (Wildman–Crippen MR) is 285 cm³/mol. The Hall–Kier alpha value is -9.12. The number of rotatable bonds is 6. The number of hydrogen-bond donors (Lipinski definition) is 0. The van der Waals surface area contributed by atoms with Gasteiger partial charge in [-0.05, 0) is 117 Å². The molecule has 0 spiro atoms. The molecule has 4 heteroatoms. The molecular formula is C64H40N4. The van der Waals surface area contributed by atoms with E-state index in [2.05, 4.69) is 246 Å². The maximum absolute atomic E-state index is 5.29. The summed E-state index contributed by atoms with van der Waals surface area (Å²) in [5.74, 6) is 0. The van der Waals surface area contributed by atoms with Gasteiger partial charge in [-0.15, -0.1) is 0 Å². The van der Waals surface area contributed by atoms with Crippen molar-refractivity contribution in [3.05, 3.63) is 243 Å². The number of para-hydroxylation sites is 3. The van der Waals surface area contributed by atoms with Gasteiger partial charge < -0.3 is 9.13 Å². The van der Waals surface area contributed by atoms with Crippen molar-refractivity contribution in [3.8, 4) is 56.0 Å². The highest BCUT2D eigenvalue weighted by atomic mass is 15.0. The van der Waals surface area contributed by atoms with Crippen molar-refractivity contribution in [1.82, 2.24) is 19.1 Å². The molecule has 0 N–H and O–H groups in total. The van der Waals surface area contributed by atoms with Crippen molar-refractivity contribution in [2.24, 2.45) is 0 Å². The van der Waals surface area contributed by atoms with Gasteiger partial charge in [-0.25, -0.2) is 4.98 Å². The van der Waals surface area contributed by atoms with E-state index in [0.29, 0.717) is 0 Å². The van der Waals surface area contributed by atoms with Gasteiger partial charge in [-0.2, -0.15) is 0 Å². The van der Waals surface area contributed by atoms with E-state index in [1.165, 1.54) is 71.2 Å². The Morgan fingerprint density at radius 2 is 0.662 bits per heavy atom. The summed E-state index contributed by atoms with van der Waals surface area (Å²) in [7, 11) is 0. The Labute approximate surface area is 392 Å². The van der Waals surface area contributed by atoms with Crippen LogP contribution in [-0.4, -0.2) is 19.1 Å². The van der Waals surface area contributed by atoms with Gasteiger partial charge in [0, 0.05) is 49.3 Å². The third kappa shape index (κ3) is 6.01. The van der Waals surface area contributed by atoms with Crippen LogP contribution in [0.25, 0.3) is 132 Å². The smallest absolute Gasteiger partial charge is 0.0979 e. The summed E-state index contributed by atoms with van der Waals surface area (Å²) < 4.78 is 4.79. The van der Waals surface area contributed by atoms with Crippen LogP contribution in [0.5, 0.6) is 0 Å². The zero-order valence-electron chi connectivity index (χ0n) is 36.9. The Kier molecular flexibility index (Phi) is 8.55. The topological polar surface area (TPSA) is 35.6 Å². The van der Waals surface area contributed by atoms with E-state index in [-0.39, 0.29) is 0 Å². The molecule has 3 aromatic heterocycles. The van der Waals surface area contributed by atoms with Crippen molar-refractivity contribution in [2.45, 2.75) is 0 Å². The molecule has 0 radical (unpaired) electrons. The van der Waals surface area contributed by atoms with Gasteiger partial charge in [0.15, 0.2) is 0 Å². The lowest BCUT2D eigenvalue weighted by molar-refractivity contribution is 1.18. The first-order chi connectivity index (χ1) is 33.7. The van der Waals surface area contributed by atoms with Gasteiger partial charge in [-0.3, -0.25) is 4.98 Å². The van der Waals surface area contributed by atoms with Crippen LogP contribution >= 0.6 is 0 Å². The van der Waals surface area contributed by atoms with Crippen LogP contribution in [0.1, 0.15) is 0 Å². The summed E-state index contributed by atoms with van der Waals surface area (Å²) in [6.07, 6.45) is 1.92. The predicted octanol–water partition coefficient (Wildman–Crippen LogP) is 16.8. The van der Waals surface area contributed by atoms with Crippen LogP contribution < -0.4 is 0 Å². The molecule has 0 saturated carbocycles. The SMILES string of the molecule is c1ccc(-n2c3ccccc3c3cc(-c4ccc5c(c4)c4ccccc4n5-c4cccc(-c5cccc(-c6cccc(-c7cnc8c9ccccc9c9ccccc9c8n7)c6)c5)c4)ccc32)cc1. The minimum absolute atomic E-state index is 0.857. The van der Waals surface area contributed by atoms with Gasteiger partial charge in [0.25, 0.3) is 0 Å². The van der Waals surface area contributed by atoms with Crippen LogP contribution in [-0.2, 0) is 0 Å². The molecule has 0 aliphatic rings. The Balaban J connectivity index is 0.824. The molecule has 0 atom stereocenters. The molecule has 68 heavy (non-hydrogen) atoms. The average Bonchev–Trinajstić information content (AvgIpc) is 3.93. The van der Waals surface area contributed by atoms with Crippen molar-refractivity contribution in [2.75, 3.05) is 0 Å². The molecular weight excluding hydrogens is 825 g/mol. The van der Waals surface area contributed by atoms with Crippen molar-refractivity contribution < 1.29 is 0 Å². The van der Waals surface area contributed by atoms with Crippen molar-refractivity contribution in [3.63, 3.8) is 0 Å². The third-order valence-corrected chi connectivity index (χ3v) is 13.9. The van der Waals surface area contributed by atoms with Crippen LogP contribution in [0.4, 0.5) is 0 Å². The first kappa shape index (κ1) is 38.2. The summed E-state index contributed by atoms with van der Waals surface area (Å²) >= 11 is 0. The van der Waals surface area contributed by atoms with Crippen LogP contribution in [0.15, 0.2) is 243 Å². The van der Waals surface area contributed by atoms with Crippen LogP contribution in [0.2, 0.25) is 0 Å². The first-order valence-electron chi connectivity index (χ1n) is 23.2. The minimum atomic E-state index is 0.857. The third-order valence-electron chi connectivity index (χ3n) is 13.9. The highest BCUT2D eigenvalue weighted by molar-refractivity contribution is 6.23. The summed E-state index contributed by atoms with van der Waals surface area (Å²) in [4.78, 5) is 10.3. The molecule has 0 bridgehead atoms. The Bertz CT molecular complexity index is 4290. The van der Waals surface area contributed by atoms with Gasteiger partial charge in [0.2, 0.25) is 0 Å². The Morgan fingerprint density at radius 3 is 1.26 bits per heavy atom. The second-order valence-corrected chi connectivity index (χ2v) is 17.8. The van der Waals surface area contributed by atoms with E-state index >= 15 is 0 Å². The summed E-state index contributed by atoms with van der Waals surface area (Å²) in [5.41, 5.74) is 17.8. The quantitative estimate of drug-likeness (QED) is 0.156. The number of aromatic nitrogens is 4. The molecule has 316 valence electrons. The van der Waals surface area contributed by atoms with Crippen LogP contribution in [0, 0.1) is 0 Å². The van der Waals surface area contributed by atoms with Gasteiger partial charge >= 0.3 is 0 Å². The lowest BCUT2D eigenvalue weighted by Crippen LogP contribution is -1.94. The fourth-order valence-electron chi connectivity index (χ4n) is 10.8. The molecule has 0 saturated heterocycles. The molecule has 0 aliphatic carbocycles. The minimum Gasteiger partial charge on any atom is -0.309 e. The number of fused-ring (bicyclic) bond motifs is 12. The van der Waals surface area contributed by atoms with E-state index < -0.39 is 0 Å². The molecule has 14 aromatic rings. The summed E-state index contributed by atoms with van der Waals surface area (Å²) in [5, 5.41) is 9.60. The molecule has 0 unspecified atom stereocenters. The second-order valence-electron chi connectivity index (χ2n) is 17.8. The van der Waals surface area contributed by atoms with Gasteiger partial charge in [-0.1, -0.05) is 164 Å². The fraction of sp³-hybridized carbons (Fsp3) is 0. The normalized spacial score (nSPS) is 11.8. The zero-order valence-corrected chi connectivity index (χ0v) is 36.9. The van der Waals surface area contributed by atoms with Crippen molar-refractivity contribution >= 4 is 76.2 Å². The maximum atomic E-state index is 5.29. The van der Waals surface area contributed by atoms with E-state index in [9.17, 15) is 0 Å². The second kappa shape index (κ2) is 15.2.